The monoisotopic (exact) mass is 441 g/mol. The van der Waals surface area contributed by atoms with Crippen LogP contribution in [0.25, 0.3) is 38.9 Å². The van der Waals surface area contributed by atoms with Crippen molar-refractivity contribution >= 4 is 33.2 Å². The quantitative estimate of drug-likeness (QED) is 0.307. The van der Waals surface area contributed by atoms with Gasteiger partial charge in [-0.3, -0.25) is 13.9 Å². The van der Waals surface area contributed by atoms with Crippen LogP contribution in [0, 0.1) is 0 Å². The number of rotatable bonds is 8. The number of hydrogen-bond acceptors (Lipinski definition) is 5. The first-order valence-corrected chi connectivity index (χ1v) is 11.5. The zero-order chi connectivity index (χ0) is 22.8. The molecule has 0 aliphatic rings. The van der Waals surface area contributed by atoms with Crippen molar-refractivity contribution < 1.29 is 4.74 Å². The van der Waals surface area contributed by atoms with Gasteiger partial charge in [-0.1, -0.05) is 50.8 Å². The van der Waals surface area contributed by atoms with Crippen molar-refractivity contribution in [3.8, 4) is 11.4 Å². The van der Waals surface area contributed by atoms with Crippen molar-refractivity contribution in [3.05, 3.63) is 65.2 Å². The third-order valence-electron chi connectivity index (χ3n) is 6.04. The molecule has 0 aliphatic carbocycles. The molecule has 0 spiro atoms. The van der Waals surface area contributed by atoms with E-state index < -0.39 is 0 Å². The Balaban J connectivity index is 1.73. The van der Waals surface area contributed by atoms with Gasteiger partial charge in [-0.25, -0.2) is 15.0 Å². The maximum Gasteiger partial charge on any atom is 0.265 e. The highest BCUT2D eigenvalue weighted by molar-refractivity contribution is 6.05. The number of nitrogens with zero attached hydrogens (tertiary/aromatic N) is 5. The normalized spacial score (nSPS) is 11.6. The Morgan fingerprint density at radius 1 is 0.909 bits per heavy atom. The fourth-order valence-electron chi connectivity index (χ4n) is 4.31. The molecule has 7 heteroatoms. The maximum absolute atomic E-state index is 13.6. The molecule has 7 nitrogen and oxygen atoms in total. The smallest absolute Gasteiger partial charge is 0.265 e. The van der Waals surface area contributed by atoms with Gasteiger partial charge in [0.05, 0.1) is 30.2 Å². The highest BCUT2D eigenvalue weighted by Crippen LogP contribution is 2.29. The summed E-state index contributed by atoms with van der Waals surface area (Å²) in [7, 11) is 1.63. The Hall–Kier alpha value is -3.74. The topological polar surface area (TPSA) is 74.8 Å². The Kier molecular flexibility index (Phi) is 5.77. The Labute approximate surface area is 191 Å². The van der Waals surface area contributed by atoms with Gasteiger partial charge >= 0.3 is 0 Å². The van der Waals surface area contributed by atoms with E-state index in [-0.39, 0.29) is 5.56 Å². The number of ether oxygens (including phenoxy) is 1. The van der Waals surface area contributed by atoms with Crippen LogP contribution < -0.4 is 10.3 Å². The zero-order valence-electron chi connectivity index (χ0n) is 19.0. The van der Waals surface area contributed by atoms with Gasteiger partial charge in [-0.05, 0) is 30.7 Å². The van der Waals surface area contributed by atoms with Crippen LogP contribution in [-0.4, -0.2) is 31.2 Å². The van der Waals surface area contributed by atoms with Crippen LogP contribution in [0.15, 0.2) is 59.7 Å². The highest BCUT2D eigenvalue weighted by Gasteiger charge is 2.21. The third kappa shape index (κ3) is 3.84. The lowest BCUT2D eigenvalue weighted by molar-refractivity contribution is 0.414. The minimum atomic E-state index is -0.0771. The fourth-order valence-corrected chi connectivity index (χ4v) is 4.31. The molecule has 168 valence electrons. The van der Waals surface area contributed by atoms with Crippen LogP contribution in [0.2, 0.25) is 0 Å². The van der Waals surface area contributed by atoms with Crippen molar-refractivity contribution in [2.45, 2.75) is 45.6 Å². The lowest BCUT2D eigenvalue weighted by Crippen LogP contribution is -2.20. The molecule has 2 aromatic carbocycles. The summed E-state index contributed by atoms with van der Waals surface area (Å²) in [5.74, 6) is 0.719. The molecule has 0 atom stereocenters. The number of aryl methyl sites for hydroxylation is 1. The van der Waals surface area contributed by atoms with Gasteiger partial charge in [0.2, 0.25) is 0 Å². The van der Waals surface area contributed by atoms with Gasteiger partial charge in [-0.15, -0.1) is 0 Å². The second-order valence-corrected chi connectivity index (χ2v) is 8.28. The predicted octanol–water partition coefficient (Wildman–Crippen LogP) is 5.26. The lowest BCUT2D eigenvalue weighted by atomic mass is 10.1. The largest absolute Gasteiger partial charge is 0.497 e. The van der Waals surface area contributed by atoms with E-state index in [1.54, 1.807) is 18.0 Å². The third-order valence-corrected chi connectivity index (χ3v) is 6.04. The van der Waals surface area contributed by atoms with Crippen molar-refractivity contribution in [2.75, 3.05) is 7.11 Å². The van der Waals surface area contributed by atoms with Crippen LogP contribution in [-0.2, 0) is 6.54 Å². The van der Waals surface area contributed by atoms with Crippen molar-refractivity contribution in [2.24, 2.45) is 0 Å². The van der Waals surface area contributed by atoms with E-state index in [1.807, 2.05) is 53.1 Å². The first kappa shape index (κ1) is 21.1. The molecule has 0 amide bonds. The average molecular weight is 442 g/mol. The number of unbranched alkanes of at least 4 members (excludes halogenated alkanes) is 4. The van der Waals surface area contributed by atoms with Crippen LogP contribution in [0.4, 0.5) is 0 Å². The number of methoxy groups -OCH3 is 1. The van der Waals surface area contributed by atoms with E-state index in [0.29, 0.717) is 28.7 Å². The van der Waals surface area contributed by atoms with E-state index in [2.05, 4.69) is 6.92 Å². The summed E-state index contributed by atoms with van der Waals surface area (Å²) in [4.78, 5) is 28.0. The van der Waals surface area contributed by atoms with Crippen LogP contribution in [0.1, 0.15) is 39.0 Å². The van der Waals surface area contributed by atoms with Crippen molar-refractivity contribution in [1.29, 1.82) is 0 Å². The minimum Gasteiger partial charge on any atom is -0.497 e. The Morgan fingerprint density at radius 3 is 2.48 bits per heavy atom. The molecule has 0 bridgehead atoms. The van der Waals surface area contributed by atoms with Gasteiger partial charge in [0.25, 0.3) is 5.56 Å². The molecule has 5 aromatic rings. The molecule has 5 rings (SSSR count). The molecule has 0 unspecified atom stereocenters. The van der Waals surface area contributed by atoms with Gasteiger partial charge in [0.1, 0.15) is 16.7 Å². The summed E-state index contributed by atoms with van der Waals surface area (Å²) < 4.78 is 9.04. The van der Waals surface area contributed by atoms with E-state index in [9.17, 15) is 4.79 Å². The van der Waals surface area contributed by atoms with Crippen LogP contribution in [0.3, 0.4) is 0 Å². The molecule has 0 radical (unpaired) electrons. The molecule has 0 fully saturated rings. The van der Waals surface area contributed by atoms with E-state index in [1.165, 1.54) is 19.3 Å². The SMILES string of the molecule is CCCCCCCn1cnc2c(c1=O)c1nc3ccccc3nc1n2-c1cccc(OC)c1. The summed E-state index contributed by atoms with van der Waals surface area (Å²) in [5.41, 5.74) is 4.01. The predicted molar refractivity (Wildman–Crippen MR) is 131 cm³/mol. The van der Waals surface area contributed by atoms with Gasteiger partial charge < -0.3 is 4.74 Å². The Morgan fingerprint density at radius 2 is 1.70 bits per heavy atom. The molecule has 0 saturated carbocycles. The molecule has 0 saturated heterocycles. The molecule has 0 aliphatic heterocycles. The summed E-state index contributed by atoms with van der Waals surface area (Å²) in [6.45, 7) is 2.85. The summed E-state index contributed by atoms with van der Waals surface area (Å²) in [5, 5.41) is 0.502. The highest BCUT2D eigenvalue weighted by atomic mass is 16.5. The van der Waals surface area contributed by atoms with Crippen molar-refractivity contribution in [1.82, 2.24) is 24.1 Å². The summed E-state index contributed by atoms with van der Waals surface area (Å²) in [6.07, 6.45) is 7.32. The molecular formula is C26H27N5O2. The standard InChI is InChI=1S/C26H27N5O2/c1-3-4-5-6-9-15-30-17-27-24-22(26(30)32)23-25(29-21-14-8-7-13-20(21)28-23)31(24)18-11-10-12-19(16-18)33-2/h7-8,10-14,16-17H,3-6,9,15H2,1-2H3. The molecular weight excluding hydrogens is 414 g/mol. The van der Waals surface area contributed by atoms with Crippen LogP contribution >= 0.6 is 0 Å². The second kappa shape index (κ2) is 9.02. The second-order valence-electron chi connectivity index (χ2n) is 8.28. The van der Waals surface area contributed by atoms with E-state index in [4.69, 9.17) is 19.7 Å². The van der Waals surface area contributed by atoms with E-state index >= 15 is 0 Å². The molecule has 33 heavy (non-hydrogen) atoms. The fraction of sp³-hybridized carbons (Fsp3) is 0.308. The molecule has 3 heterocycles. The first-order valence-electron chi connectivity index (χ1n) is 11.5. The number of para-hydroxylation sites is 2. The average Bonchev–Trinajstić information content (AvgIpc) is 3.17. The first-order chi connectivity index (χ1) is 16.2. The Bertz CT molecular complexity index is 1500. The number of aromatic nitrogens is 5. The van der Waals surface area contributed by atoms with Gasteiger partial charge in [-0.2, -0.15) is 0 Å². The minimum absolute atomic E-state index is 0.0771. The summed E-state index contributed by atoms with van der Waals surface area (Å²) >= 11 is 0. The van der Waals surface area contributed by atoms with Gasteiger partial charge in [0, 0.05) is 12.6 Å². The van der Waals surface area contributed by atoms with Crippen molar-refractivity contribution in [3.63, 3.8) is 0 Å². The zero-order valence-corrected chi connectivity index (χ0v) is 19.0. The van der Waals surface area contributed by atoms with Crippen LogP contribution in [0.5, 0.6) is 5.75 Å². The summed E-state index contributed by atoms with van der Waals surface area (Å²) in [6, 6.07) is 15.4. The van der Waals surface area contributed by atoms with Gasteiger partial charge in [0.15, 0.2) is 11.3 Å². The maximum atomic E-state index is 13.6. The van der Waals surface area contributed by atoms with E-state index in [0.717, 1.165) is 35.3 Å². The molecule has 0 N–H and O–H groups in total. The number of fused-ring (bicyclic) bond motifs is 4. The lowest BCUT2D eigenvalue weighted by Gasteiger charge is -2.09. The molecule has 3 aromatic heterocycles. The number of benzene rings is 2. The number of hydrogen-bond donors (Lipinski definition) is 0.